The molecule has 0 heterocycles. The molecule has 0 aliphatic heterocycles. The summed E-state index contributed by atoms with van der Waals surface area (Å²) >= 11 is 0. The maximum absolute atomic E-state index is 12.1. The topological polar surface area (TPSA) is 86.7 Å². The molecule has 0 saturated carbocycles. The van der Waals surface area contributed by atoms with Gasteiger partial charge in [-0.3, -0.25) is 4.55 Å². The van der Waals surface area contributed by atoms with Crippen LogP contribution >= 0.6 is 0 Å². The van der Waals surface area contributed by atoms with E-state index in [1.807, 2.05) is 0 Å². The molecule has 0 aliphatic rings. The van der Waals surface area contributed by atoms with Crippen molar-refractivity contribution in [3.63, 3.8) is 0 Å². The van der Waals surface area contributed by atoms with E-state index in [2.05, 4.69) is 6.92 Å². The summed E-state index contributed by atoms with van der Waals surface area (Å²) in [4.78, 5) is -0.186. The Morgan fingerprint density at radius 3 is 1.82 bits per heavy atom. The quantitative estimate of drug-likeness (QED) is 0.213. The summed E-state index contributed by atoms with van der Waals surface area (Å²) < 4.78 is 39.6. The van der Waals surface area contributed by atoms with Gasteiger partial charge in [0.2, 0.25) is 0 Å². The maximum Gasteiger partial charge on any atom is 1.00 e. The molecular weight excluding hydrogens is 463 g/mol. The van der Waals surface area contributed by atoms with Crippen molar-refractivity contribution in [2.75, 3.05) is 0 Å². The van der Waals surface area contributed by atoms with Gasteiger partial charge in [0.05, 0.1) is 0 Å². The van der Waals surface area contributed by atoms with E-state index in [1.54, 1.807) is 12.1 Å². The standard InChI is InChI=1S/C26H38O5S.K/c1-2-3-4-5-6-7-8-9-10-11-12-13-15-22-16-14-17-25(26(22)32(28,29)30)31-24-20-18-23(27)19-21-24;/h14,16-21,27H,2-13,15H2,1H3,(H,28,29,30);/q;+1/p-1. The van der Waals surface area contributed by atoms with Crippen LogP contribution in [0.5, 0.6) is 17.2 Å². The Morgan fingerprint density at radius 2 is 1.30 bits per heavy atom. The zero-order valence-electron chi connectivity index (χ0n) is 20.2. The van der Waals surface area contributed by atoms with Crippen molar-refractivity contribution in [3.05, 3.63) is 48.0 Å². The summed E-state index contributed by atoms with van der Waals surface area (Å²) in [7, 11) is -4.45. The van der Waals surface area contributed by atoms with Crippen LogP contribution in [0.2, 0.25) is 0 Å². The number of aryl methyl sites for hydroxylation is 1. The van der Waals surface area contributed by atoms with Gasteiger partial charge in [-0.1, -0.05) is 102 Å². The van der Waals surface area contributed by atoms with Crippen LogP contribution in [0.25, 0.3) is 0 Å². The molecule has 0 atom stereocenters. The van der Waals surface area contributed by atoms with Crippen molar-refractivity contribution in [2.45, 2.75) is 95.3 Å². The first-order chi connectivity index (χ1) is 15.4. The van der Waals surface area contributed by atoms with Gasteiger partial charge in [0, 0.05) is 0 Å². The van der Waals surface area contributed by atoms with Crippen molar-refractivity contribution < 1.29 is 74.2 Å². The van der Waals surface area contributed by atoms with Crippen molar-refractivity contribution in [2.24, 2.45) is 0 Å². The summed E-state index contributed by atoms with van der Waals surface area (Å²) in [5.74, 6) is 0.257. The Labute approximate surface area is 242 Å². The second-order valence-corrected chi connectivity index (χ2v) is 9.79. The Bertz CT molecular complexity index is 897. The molecule has 1 N–H and O–H groups in total. The van der Waals surface area contributed by atoms with Gasteiger partial charge in [-0.2, -0.15) is 8.42 Å². The predicted molar refractivity (Wildman–Crippen MR) is 127 cm³/mol. The summed E-state index contributed by atoms with van der Waals surface area (Å²) in [6, 6.07) is 10.6. The molecule has 7 heteroatoms. The molecule has 0 amide bonds. The van der Waals surface area contributed by atoms with E-state index in [0.29, 0.717) is 17.7 Å². The van der Waals surface area contributed by atoms with Gasteiger partial charge in [0.1, 0.15) is 16.4 Å². The SMILES string of the molecule is CCCCCCCCCCCCCCc1cccc(Oc2ccc([O-])cc2)c1S(=O)(=O)O.[K+]. The summed E-state index contributed by atoms with van der Waals surface area (Å²) in [5.41, 5.74) is 0.553. The molecule has 0 fully saturated rings. The van der Waals surface area contributed by atoms with E-state index in [1.165, 1.54) is 88.1 Å². The first kappa shape index (κ1) is 30.6. The van der Waals surface area contributed by atoms with Crippen LogP contribution in [0.1, 0.15) is 89.5 Å². The third-order valence-corrected chi connectivity index (χ3v) is 6.65. The van der Waals surface area contributed by atoms with E-state index in [-0.39, 0.29) is 67.8 Å². The molecule has 0 aliphatic carbocycles. The Balaban J connectivity index is 0.00000544. The van der Waals surface area contributed by atoms with E-state index < -0.39 is 10.1 Å². The Kier molecular flexibility index (Phi) is 15.9. The van der Waals surface area contributed by atoms with Crippen LogP contribution in [0.4, 0.5) is 0 Å². The maximum atomic E-state index is 12.1. The average molecular weight is 501 g/mol. The fraction of sp³-hybridized carbons (Fsp3) is 0.538. The monoisotopic (exact) mass is 500 g/mol. The smallest absolute Gasteiger partial charge is 0.872 e. The molecule has 0 spiro atoms. The minimum absolute atomic E-state index is 0. The van der Waals surface area contributed by atoms with Crippen LogP contribution in [-0.2, 0) is 16.5 Å². The van der Waals surface area contributed by atoms with Gasteiger partial charge in [-0.25, -0.2) is 0 Å². The minimum atomic E-state index is -4.45. The second-order valence-electron chi connectivity index (χ2n) is 8.43. The number of benzene rings is 2. The Morgan fingerprint density at radius 1 is 0.788 bits per heavy atom. The average Bonchev–Trinajstić information content (AvgIpc) is 2.75. The zero-order valence-corrected chi connectivity index (χ0v) is 24.2. The van der Waals surface area contributed by atoms with E-state index in [4.69, 9.17) is 4.74 Å². The normalized spacial score (nSPS) is 11.2. The third-order valence-electron chi connectivity index (χ3n) is 5.67. The van der Waals surface area contributed by atoms with Gasteiger partial charge in [0.25, 0.3) is 10.1 Å². The van der Waals surface area contributed by atoms with Crippen LogP contribution in [0, 0.1) is 0 Å². The molecule has 0 saturated heterocycles. The molecule has 2 aromatic carbocycles. The number of ether oxygens (including phenoxy) is 1. The van der Waals surface area contributed by atoms with Crippen LogP contribution in [0.3, 0.4) is 0 Å². The van der Waals surface area contributed by atoms with Crippen molar-refractivity contribution in [3.8, 4) is 17.2 Å². The molecule has 33 heavy (non-hydrogen) atoms. The van der Waals surface area contributed by atoms with Crippen molar-refractivity contribution in [1.82, 2.24) is 0 Å². The molecule has 5 nitrogen and oxygen atoms in total. The summed E-state index contributed by atoms with van der Waals surface area (Å²) in [5, 5.41) is 11.3. The molecule has 0 bridgehead atoms. The van der Waals surface area contributed by atoms with Crippen LogP contribution in [0.15, 0.2) is 47.4 Å². The van der Waals surface area contributed by atoms with Gasteiger partial charge >= 0.3 is 51.4 Å². The first-order valence-electron chi connectivity index (χ1n) is 12.0. The number of rotatable bonds is 16. The molecule has 0 unspecified atom stereocenters. The van der Waals surface area contributed by atoms with E-state index in [0.717, 1.165) is 19.3 Å². The number of hydrogen-bond acceptors (Lipinski definition) is 4. The molecular formula is C26H37KO5S. The first-order valence-corrected chi connectivity index (χ1v) is 13.4. The molecule has 0 aromatic heterocycles. The fourth-order valence-corrected chi connectivity index (χ4v) is 4.79. The minimum Gasteiger partial charge on any atom is -0.872 e. The van der Waals surface area contributed by atoms with Crippen LogP contribution < -0.4 is 61.2 Å². The largest absolute Gasteiger partial charge is 1.00 e. The number of hydrogen-bond donors (Lipinski definition) is 1. The van der Waals surface area contributed by atoms with Crippen molar-refractivity contribution >= 4 is 10.1 Å². The molecule has 2 aromatic rings. The van der Waals surface area contributed by atoms with Gasteiger partial charge in [0.15, 0.2) is 0 Å². The third kappa shape index (κ3) is 12.2. The van der Waals surface area contributed by atoms with Crippen LogP contribution in [-0.4, -0.2) is 13.0 Å². The van der Waals surface area contributed by atoms with Gasteiger partial charge < -0.3 is 9.84 Å². The summed E-state index contributed by atoms with van der Waals surface area (Å²) in [6.45, 7) is 2.24. The summed E-state index contributed by atoms with van der Waals surface area (Å²) in [6.07, 6.45) is 15.4. The molecule has 0 radical (unpaired) electrons. The van der Waals surface area contributed by atoms with E-state index in [9.17, 15) is 18.1 Å². The zero-order chi connectivity index (χ0) is 23.2. The van der Waals surface area contributed by atoms with E-state index >= 15 is 0 Å². The Hall–Kier alpha value is -0.414. The number of unbranched alkanes of at least 4 members (excludes halogenated alkanes) is 11. The second kappa shape index (κ2) is 17.1. The molecule has 2 rings (SSSR count). The van der Waals surface area contributed by atoms with Gasteiger partial charge in [-0.15, -0.1) is 5.75 Å². The molecule has 178 valence electrons. The van der Waals surface area contributed by atoms with Crippen molar-refractivity contribution in [1.29, 1.82) is 0 Å². The predicted octanol–water partition coefficient (Wildman–Crippen LogP) is 4.05. The van der Waals surface area contributed by atoms with Gasteiger partial charge in [-0.05, 0) is 36.6 Å². The fourth-order valence-electron chi connectivity index (χ4n) is 3.92.